The fourth-order valence-electron chi connectivity index (χ4n) is 4.14. The minimum absolute atomic E-state index is 0.0746. The van der Waals surface area contributed by atoms with Crippen LogP contribution in [0.3, 0.4) is 0 Å². The molecule has 164 valence electrons. The van der Waals surface area contributed by atoms with E-state index in [9.17, 15) is 4.79 Å². The Morgan fingerprint density at radius 3 is 2.65 bits per heavy atom. The number of nitrogens with one attached hydrogen (secondary N) is 1. The van der Waals surface area contributed by atoms with Crippen LogP contribution in [0.2, 0.25) is 0 Å². The number of hydrogen-bond donors (Lipinski definition) is 2. The number of aliphatic hydroxyl groups excluding tert-OH is 1. The van der Waals surface area contributed by atoms with Crippen molar-refractivity contribution in [3.05, 3.63) is 53.6 Å². The molecule has 1 amide bonds. The van der Waals surface area contributed by atoms with Crippen molar-refractivity contribution in [2.45, 2.75) is 44.7 Å². The fourth-order valence-corrected chi connectivity index (χ4v) is 4.14. The van der Waals surface area contributed by atoms with Gasteiger partial charge >= 0.3 is 0 Å². The zero-order valence-electron chi connectivity index (χ0n) is 17.8. The quantitative estimate of drug-likeness (QED) is 0.570. The topological polar surface area (TPSA) is 83.4 Å². The van der Waals surface area contributed by atoms with Crippen molar-refractivity contribution in [2.75, 3.05) is 20.3 Å². The Bertz CT molecular complexity index is 945. The fraction of sp³-hybridized carbons (Fsp3) is 0.417. The van der Waals surface area contributed by atoms with E-state index in [0.717, 1.165) is 48.9 Å². The highest BCUT2D eigenvalue weighted by Crippen LogP contribution is 2.43. The molecule has 0 bridgehead atoms. The smallest absolute Gasteiger partial charge is 0.254 e. The predicted octanol–water partition coefficient (Wildman–Crippen LogP) is 3.69. The van der Waals surface area contributed by atoms with Gasteiger partial charge in [-0.3, -0.25) is 10.1 Å². The summed E-state index contributed by atoms with van der Waals surface area (Å²) in [4.78, 5) is 19.3. The van der Waals surface area contributed by atoms with Crippen LogP contribution in [0.1, 0.15) is 49.3 Å². The molecule has 1 fully saturated rings. The average Bonchev–Trinajstić information content (AvgIpc) is 3.11. The van der Waals surface area contributed by atoms with Crippen LogP contribution in [-0.4, -0.2) is 42.2 Å². The summed E-state index contributed by atoms with van der Waals surface area (Å²) in [6.45, 7) is 1.38. The van der Waals surface area contributed by atoms with Crippen LogP contribution in [-0.2, 0) is 11.3 Å². The molecular formula is C24H29N3O4. The molecule has 2 aliphatic rings. The van der Waals surface area contributed by atoms with Gasteiger partial charge in [0, 0.05) is 12.2 Å². The second-order valence-corrected chi connectivity index (χ2v) is 7.80. The number of guanidine groups is 1. The molecule has 2 aromatic rings. The van der Waals surface area contributed by atoms with Crippen LogP contribution < -0.4 is 14.8 Å². The molecule has 7 heteroatoms. The zero-order chi connectivity index (χ0) is 21.6. The molecule has 2 heterocycles. The third kappa shape index (κ3) is 4.51. The van der Waals surface area contributed by atoms with E-state index >= 15 is 0 Å². The zero-order valence-corrected chi connectivity index (χ0v) is 17.8. The number of hydrogen-bond acceptors (Lipinski definition) is 6. The lowest BCUT2D eigenvalue weighted by molar-refractivity contribution is -0.121. The molecule has 0 aromatic heterocycles. The number of carbonyl (C=O) groups excluding carboxylic acids is 1. The van der Waals surface area contributed by atoms with Gasteiger partial charge in [-0.25, -0.2) is 4.99 Å². The van der Waals surface area contributed by atoms with E-state index < -0.39 is 6.04 Å². The Hall–Kier alpha value is -3.06. The molecule has 4 rings (SSSR count). The average molecular weight is 424 g/mol. The van der Waals surface area contributed by atoms with Crippen molar-refractivity contribution in [1.29, 1.82) is 0 Å². The number of carbonyl (C=O) groups is 1. The Morgan fingerprint density at radius 2 is 1.87 bits per heavy atom. The second-order valence-electron chi connectivity index (χ2n) is 7.80. The summed E-state index contributed by atoms with van der Waals surface area (Å²) in [7, 11) is 1.64. The van der Waals surface area contributed by atoms with Gasteiger partial charge in [0.15, 0.2) is 11.5 Å². The van der Waals surface area contributed by atoms with Gasteiger partial charge in [-0.15, -0.1) is 0 Å². The molecule has 1 saturated heterocycles. The third-order valence-corrected chi connectivity index (χ3v) is 5.70. The van der Waals surface area contributed by atoms with Crippen LogP contribution in [0.25, 0.3) is 0 Å². The van der Waals surface area contributed by atoms with E-state index in [4.69, 9.17) is 14.6 Å². The molecule has 31 heavy (non-hydrogen) atoms. The van der Waals surface area contributed by atoms with Crippen molar-refractivity contribution >= 4 is 17.6 Å². The summed E-state index contributed by atoms with van der Waals surface area (Å²) in [5, 5.41) is 11.8. The van der Waals surface area contributed by atoms with Gasteiger partial charge in [-0.05, 0) is 30.5 Å². The number of amides is 1. The van der Waals surface area contributed by atoms with Gasteiger partial charge in [0.25, 0.3) is 5.91 Å². The highest BCUT2D eigenvalue weighted by Gasteiger charge is 2.41. The number of unbranched alkanes of at least 4 members (excludes halogenated alkanes) is 4. The first kappa shape index (κ1) is 21.2. The molecule has 1 unspecified atom stereocenters. The number of aliphatic hydroxyl groups is 1. The van der Waals surface area contributed by atoms with Crippen LogP contribution in [0.5, 0.6) is 11.5 Å². The summed E-state index contributed by atoms with van der Waals surface area (Å²) in [5.41, 5.74) is 2.64. The SMILES string of the molecule is COc1c(OCCCCCCCO)ccc2c1CN1C(=N2)NC(=O)C1c1ccccc1. The van der Waals surface area contributed by atoms with Gasteiger partial charge in [0.2, 0.25) is 5.96 Å². The molecule has 0 radical (unpaired) electrons. The molecule has 0 spiro atoms. The van der Waals surface area contributed by atoms with E-state index in [1.807, 2.05) is 47.4 Å². The summed E-state index contributed by atoms with van der Waals surface area (Å²) in [5.74, 6) is 1.87. The lowest BCUT2D eigenvalue weighted by Crippen LogP contribution is -2.33. The standard InChI is InChI=1S/C24H29N3O4/c1-30-22-18-16-27-21(17-10-6-5-7-11-17)23(29)26-24(27)25-19(18)12-13-20(22)31-15-9-4-2-3-8-14-28/h5-7,10-13,21,28H,2-4,8-9,14-16H2,1H3,(H,25,26,29). The molecule has 7 nitrogen and oxygen atoms in total. The first-order valence-corrected chi connectivity index (χ1v) is 10.9. The number of ether oxygens (including phenoxy) is 2. The van der Waals surface area contributed by atoms with E-state index in [2.05, 4.69) is 10.3 Å². The lowest BCUT2D eigenvalue weighted by Gasteiger charge is -2.29. The second kappa shape index (κ2) is 9.83. The molecule has 1 atom stereocenters. The Labute approximate surface area is 182 Å². The van der Waals surface area contributed by atoms with Crippen LogP contribution in [0.4, 0.5) is 5.69 Å². The normalized spacial score (nSPS) is 17.0. The van der Waals surface area contributed by atoms with Crippen LogP contribution in [0.15, 0.2) is 47.5 Å². The summed E-state index contributed by atoms with van der Waals surface area (Å²) in [6.07, 6.45) is 5.03. The van der Waals surface area contributed by atoms with Gasteiger partial charge in [0.1, 0.15) is 6.04 Å². The molecular weight excluding hydrogens is 394 g/mol. The summed E-state index contributed by atoms with van der Waals surface area (Å²) < 4.78 is 11.7. The van der Waals surface area contributed by atoms with Crippen molar-refractivity contribution in [2.24, 2.45) is 4.99 Å². The number of fused-ring (bicyclic) bond motifs is 2. The minimum Gasteiger partial charge on any atom is -0.492 e. The van der Waals surface area contributed by atoms with E-state index in [-0.39, 0.29) is 12.5 Å². The molecule has 0 aliphatic carbocycles. The molecule has 2 N–H and O–H groups in total. The largest absolute Gasteiger partial charge is 0.492 e. The van der Waals surface area contributed by atoms with Crippen LogP contribution >= 0.6 is 0 Å². The third-order valence-electron chi connectivity index (χ3n) is 5.70. The number of benzene rings is 2. The van der Waals surface area contributed by atoms with Crippen molar-refractivity contribution in [3.63, 3.8) is 0 Å². The molecule has 2 aromatic carbocycles. The molecule has 2 aliphatic heterocycles. The van der Waals surface area contributed by atoms with Gasteiger partial charge in [0.05, 0.1) is 25.9 Å². The van der Waals surface area contributed by atoms with Gasteiger partial charge < -0.3 is 19.5 Å². The first-order chi connectivity index (χ1) is 15.2. The van der Waals surface area contributed by atoms with E-state index in [0.29, 0.717) is 30.6 Å². The van der Waals surface area contributed by atoms with Crippen molar-refractivity contribution < 1.29 is 19.4 Å². The maximum absolute atomic E-state index is 12.7. The van der Waals surface area contributed by atoms with E-state index in [1.165, 1.54) is 0 Å². The van der Waals surface area contributed by atoms with Crippen molar-refractivity contribution in [3.8, 4) is 11.5 Å². The maximum atomic E-state index is 12.7. The minimum atomic E-state index is -0.415. The van der Waals surface area contributed by atoms with Crippen LogP contribution in [0, 0.1) is 0 Å². The van der Waals surface area contributed by atoms with E-state index in [1.54, 1.807) is 7.11 Å². The Morgan fingerprint density at radius 1 is 1.10 bits per heavy atom. The molecule has 0 saturated carbocycles. The van der Waals surface area contributed by atoms with Gasteiger partial charge in [-0.2, -0.15) is 0 Å². The monoisotopic (exact) mass is 423 g/mol. The highest BCUT2D eigenvalue weighted by molar-refractivity contribution is 6.08. The number of methoxy groups -OCH3 is 1. The predicted molar refractivity (Wildman–Crippen MR) is 119 cm³/mol. The van der Waals surface area contributed by atoms with Gasteiger partial charge in [-0.1, -0.05) is 49.6 Å². The Kier molecular flexibility index (Phi) is 6.72. The highest BCUT2D eigenvalue weighted by atomic mass is 16.5. The maximum Gasteiger partial charge on any atom is 0.254 e. The van der Waals surface area contributed by atoms with Crippen molar-refractivity contribution in [1.82, 2.24) is 10.2 Å². The lowest BCUT2D eigenvalue weighted by atomic mass is 10.0. The number of rotatable bonds is 10. The Balaban J connectivity index is 1.49. The number of aliphatic imine (C=N–C) groups is 1. The summed E-state index contributed by atoms with van der Waals surface area (Å²) in [6, 6.07) is 13.1. The summed E-state index contributed by atoms with van der Waals surface area (Å²) >= 11 is 0. The first-order valence-electron chi connectivity index (χ1n) is 10.9. The number of nitrogens with zero attached hydrogens (tertiary/aromatic N) is 2.